The lowest BCUT2D eigenvalue weighted by molar-refractivity contribution is 0.0730. The molecule has 0 radical (unpaired) electrons. The first-order chi connectivity index (χ1) is 11.6. The molecule has 128 valence electrons. The summed E-state index contributed by atoms with van der Waals surface area (Å²) in [7, 11) is 0. The molecule has 1 fully saturated rings. The van der Waals surface area contributed by atoms with Gasteiger partial charge in [0, 0.05) is 44.6 Å². The first kappa shape index (κ1) is 16.6. The van der Waals surface area contributed by atoms with Gasteiger partial charge in [-0.15, -0.1) is 0 Å². The Morgan fingerprint density at radius 1 is 1.42 bits per heavy atom. The van der Waals surface area contributed by atoms with Crippen LogP contribution in [0.1, 0.15) is 29.2 Å². The molecule has 0 aliphatic carbocycles. The van der Waals surface area contributed by atoms with Crippen molar-refractivity contribution in [3.8, 4) is 0 Å². The zero-order valence-electron chi connectivity index (χ0n) is 14.2. The SMILES string of the molecule is CCNc1nc(C)c(C(=O)N2CCN(c3cnccn3)C(C)C2)s1. The predicted molar refractivity (Wildman–Crippen MR) is 95.8 cm³/mol. The molecule has 1 unspecified atom stereocenters. The predicted octanol–water partition coefficient (Wildman–Crippen LogP) is 2.02. The van der Waals surface area contributed by atoms with E-state index >= 15 is 0 Å². The number of anilines is 2. The molecule has 0 spiro atoms. The number of nitrogens with zero attached hydrogens (tertiary/aromatic N) is 5. The second-order valence-corrected chi connectivity index (χ2v) is 6.82. The number of hydrogen-bond donors (Lipinski definition) is 1. The summed E-state index contributed by atoms with van der Waals surface area (Å²) in [5.41, 5.74) is 0.796. The highest BCUT2D eigenvalue weighted by molar-refractivity contribution is 7.17. The lowest BCUT2D eigenvalue weighted by Crippen LogP contribution is -2.54. The van der Waals surface area contributed by atoms with Gasteiger partial charge < -0.3 is 15.1 Å². The summed E-state index contributed by atoms with van der Waals surface area (Å²) in [4.78, 5) is 30.6. The monoisotopic (exact) mass is 346 g/mol. The first-order valence-corrected chi connectivity index (χ1v) is 8.95. The van der Waals surface area contributed by atoms with Crippen LogP contribution in [-0.4, -0.2) is 58.0 Å². The lowest BCUT2D eigenvalue weighted by atomic mass is 10.2. The summed E-state index contributed by atoms with van der Waals surface area (Å²) in [6, 6.07) is 0.195. The summed E-state index contributed by atoms with van der Waals surface area (Å²) in [5.74, 6) is 0.931. The molecule has 3 heterocycles. The lowest BCUT2D eigenvalue weighted by Gasteiger charge is -2.40. The summed E-state index contributed by atoms with van der Waals surface area (Å²) in [5, 5.41) is 3.99. The van der Waals surface area contributed by atoms with Crippen LogP contribution in [-0.2, 0) is 0 Å². The van der Waals surface area contributed by atoms with Gasteiger partial charge in [0.15, 0.2) is 5.13 Å². The van der Waals surface area contributed by atoms with Gasteiger partial charge in [-0.25, -0.2) is 9.97 Å². The third-order valence-electron chi connectivity index (χ3n) is 4.08. The summed E-state index contributed by atoms with van der Waals surface area (Å²) >= 11 is 1.43. The molecule has 2 aromatic heterocycles. The van der Waals surface area contributed by atoms with Gasteiger partial charge >= 0.3 is 0 Å². The van der Waals surface area contributed by atoms with Crippen molar-refractivity contribution in [3.63, 3.8) is 0 Å². The van der Waals surface area contributed by atoms with Gasteiger partial charge in [-0.05, 0) is 20.8 Å². The van der Waals surface area contributed by atoms with E-state index in [4.69, 9.17) is 0 Å². The van der Waals surface area contributed by atoms with Crippen LogP contribution in [0.4, 0.5) is 10.9 Å². The van der Waals surface area contributed by atoms with Gasteiger partial charge in [0.05, 0.1) is 11.9 Å². The van der Waals surface area contributed by atoms with Crippen molar-refractivity contribution in [2.75, 3.05) is 36.4 Å². The largest absolute Gasteiger partial charge is 0.362 e. The number of hydrogen-bond acceptors (Lipinski definition) is 7. The van der Waals surface area contributed by atoms with E-state index in [0.717, 1.165) is 34.6 Å². The van der Waals surface area contributed by atoms with Crippen LogP contribution in [0.5, 0.6) is 0 Å². The molecule has 1 aliphatic rings. The Hall–Kier alpha value is -2.22. The Morgan fingerprint density at radius 2 is 2.25 bits per heavy atom. The Labute approximate surface area is 145 Å². The minimum Gasteiger partial charge on any atom is -0.362 e. The maximum atomic E-state index is 12.8. The summed E-state index contributed by atoms with van der Waals surface area (Å²) in [6.45, 7) is 8.92. The summed E-state index contributed by atoms with van der Waals surface area (Å²) < 4.78 is 0. The number of carbonyl (C=O) groups excluding carboxylic acids is 1. The second-order valence-electron chi connectivity index (χ2n) is 5.82. The molecule has 8 heteroatoms. The molecular weight excluding hydrogens is 324 g/mol. The van der Waals surface area contributed by atoms with E-state index in [-0.39, 0.29) is 11.9 Å². The van der Waals surface area contributed by atoms with Crippen molar-refractivity contribution in [2.45, 2.75) is 26.8 Å². The smallest absolute Gasteiger partial charge is 0.266 e. The number of thiazole rings is 1. The molecule has 24 heavy (non-hydrogen) atoms. The van der Waals surface area contributed by atoms with E-state index in [1.54, 1.807) is 18.6 Å². The number of aryl methyl sites for hydroxylation is 1. The van der Waals surface area contributed by atoms with E-state index in [1.807, 2.05) is 18.7 Å². The topological polar surface area (TPSA) is 74.2 Å². The van der Waals surface area contributed by atoms with Crippen LogP contribution in [0.15, 0.2) is 18.6 Å². The maximum absolute atomic E-state index is 12.8. The number of rotatable bonds is 4. The van der Waals surface area contributed by atoms with Crippen LogP contribution < -0.4 is 10.2 Å². The highest BCUT2D eigenvalue weighted by atomic mass is 32.1. The van der Waals surface area contributed by atoms with E-state index in [1.165, 1.54) is 11.3 Å². The Morgan fingerprint density at radius 3 is 2.92 bits per heavy atom. The van der Waals surface area contributed by atoms with Crippen LogP contribution in [0.3, 0.4) is 0 Å². The highest BCUT2D eigenvalue weighted by Gasteiger charge is 2.30. The third-order valence-corrected chi connectivity index (χ3v) is 5.18. The molecule has 1 N–H and O–H groups in total. The zero-order chi connectivity index (χ0) is 17.1. The van der Waals surface area contributed by atoms with Gasteiger partial charge in [-0.1, -0.05) is 11.3 Å². The first-order valence-electron chi connectivity index (χ1n) is 8.13. The van der Waals surface area contributed by atoms with Gasteiger partial charge in [0.25, 0.3) is 5.91 Å². The fraction of sp³-hybridized carbons (Fsp3) is 0.500. The van der Waals surface area contributed by atoms with Crippen molar-refractivity contribution in [2.24, 2.45) is 0 Å². The molecule has 2 aromatic rings. The number of aromatic nitrogens is 3. The molecule has 3 rings (SSSR count). The van der Waals surface area contributed by atoms with Crippen molar-refractivity contribution >= 4 is 28.2 Å². The fourth-order valence-corrected chi connectivity index (χ4v) is 3.89. The standard InChI is InChI=1S/C16H22N6OS/c1-4-18-16-20-12(3)14(24-16)15(23)21-7-8-22(11(2)10-21)13-9-17-5-6-19-13/h5-6,9,11H,4,7-8,10H2,1-3H3,(H,18,20). The molecule has 0 saturated carbocycles. The third kappa shape index (κ3) is 3.33. The molecule has 0 bridgehead atoms. The van der Waals surface area contributed by atoms with E-state index in [0.29, 0.717) is 13.1 Å². The van der Waals surface area contributed by atoms with Crippen LogP contribution in [0.2, 0.25) is 0 Å². The number of amides is 1. The maximum Gasteiger partial charge on any atom is 0.266 e. The normalized spacial score (nSPS) is 17.9. The van der Waals surface area contributed by atoms with Gasteiger partial charge in [0.1, 0.15) is 10.7 Å². The van der Waals surface area contributed by atoms with Crippen molar-refractivity contribution in [1.29, 1.82) is 0 Å². The van der Waals surface area contributed by atoms with Crippen LogP contribution >= 0.6 is 11.3 Å². The second kappa shape index (κ2) is 7.12. The quantitative estimate of drug-likeness (QED) is 0.913. The Kier molecular flexibility index (Phi) is 4.94. The molecular formula is C16H22N6OS. The van der Waals surface area contributed by atoms with E-state index < -0.39 is 0 Å². The van der Waals surface area contributed by atoms with Crippen LogP contribution in [0.25, 0.3) is 0 Å². The average Bonchev–Trinajstić information content (AvgIpc) is 2.95. The minimum atomic E-state index is 0.0693. The van der Waals surface area contributed by atoms with Crippen molar-refractivity contribution < 1.29 is 4.79 Å². The van der Waals surface area contributed by atoms with Crippen molar-refractivity contribution in [1.82, 2.24) is 19.9 Å². The van der Waals surface area contributed by atoms with E-state index in [2.05, 4.69) is 32.1 Å². The van der Waals surface area contributed by atoms with Gasteiger partial charge in [-0.2, -0.15) is 0 Å². The van der Waals surface area contributed by atoms with Crippen LogP contribution in [0, 0.1) is 6.92 Å². The summed E-state index contributed by atoms with van der Waals surface area (Å²) in [6.07, 6.45) is 5.13. The minimum absolute atomic E-state index is 0.0693. The van der Waals surface area contributed by atoms with Gasteiger partial charge in [-0.3, -0.25) is 9.78 Å². The highest BCUT2D eigenvalue weighted by Crippen LogP contribution is 2.25. The number of piperazine rings is 1. The van der Waals surface area contributed by atoms with Crippen molar-refractivity contribution in [3.05, 3.63) is 29.2 Å². The molecule has 0 aromatic carbocycles. The zero-order valence-corrected chi connectivity index (χ0v) is 15.0. The Bertz CT molecular complexity index is 704. The fourth-order valence-electron chi connectivity index (χ4n) is 2.89. The Balaban J connectivity index is 1.70. The molecule has 7 nitrogen and oxygen atoms in total. The average molecular weight is 346 g/mol. The number of nitrogens with one attached hydrogen (secondary N) is 1. The molecule has 1 amide bonds. The molecule has 1 saturated heterocycles. The molecule has 1 atom stereocenters. The van der Waals surface area contributed by atoms with Gasteiger partial charge in [0.2, 0.25) is 0 Å². The van der Waals surface area contributed by atoms with E-state index in [9.17, 15) is 4.79 Å². The molecule has 1 aliphatic heterocycles. The number of carbonyl (C=O) groups is 1.